The van der Waals surface area contributed by atoms with Crippen LogP contribution in [0.3, 0.4) is 0 Å². The number of benzene rings is 1. The predicted octanol–water partition coefficient (Wildman–Crippen LogP) is 1.78. The zero-order chi connectivity index (χ0) is 13.7. The number of piperazine rings is 1. The maximum Gasteiger partial charge on any atom is 0.237 e. The number of nitrogens with one attached hydrogen (secondary N) is 1. The number of halogens is 2. The van der Waals surface area contributed by atoms with Crippen LogP contribution in [0, 0.1) is 0 Å². The van der Waals surface area contributed by atoms with Crippen molar-refractivity contribution in [2.75, 3.05) is 33.2 Å². The lowest BCUT2D eigenvalue weighted by atomic mass is 10.2. The quantitative estimate of drug-likeness (QED) is 0.912. The van der Waals surface area contributed by atoms with Gasteiger partial charge in [0.1, 0.15) is 0 Å². The van der Waals surface area contributed by atoms with Gasteiger partial charge in [0.15, 0.2) is 0 Å². The molecule has 21 heavy (non-hydrogen) atoms. The van der Waals surface area contributed by atoms with Gasteiger partial charge in [-0.15, -0.1) is 24.8 Å². The molecule has 1 heterocycles. The maximum atomic E-state index is 12.3. The highest BCUT2D eigenvalue weighted by molar-refractivity contribution is 5.85. The van der Waals surface area contributed by atoms with Crippen LogP contribution < -0.4 is 5.32 Å². The molecule has 1 aromatic carbocycles. The minimum Gasteiger partial charge on any atom is -0.336 e. The number of rotatable bonds is 4. The standard InChI is InChI=1S/C15H23N3O.2ClH/c1-13-10-16-8-9-18(13)15(19)12-17(2)11-14-6-4-3-5-7-14;;/h3-7,13,16H,8-12H2,1-2H3;2*1H/t13-;;/m1../s1. The van der Waals surface area contributed by atoms with E-state index in [-0.39, 0.29) is 30.7 Å². The summed E-state index contributed by atoms with van der Waals surface area (Å²) in [5.74, 6) is 0.229. The zero-order valence-electron chi connectivity index (χ0n) is 12.6. The largest absolute Gasteiger partial charge is 0.336 e. The third-order valence-corrected chi connectivity index (χ3v) is 3.52. The van der Waals surface area contributed by atoms with E-state index in [4.69, 9.17) is 0 Å². The van der Waals surface area contributed by atoms with Crippen molar-refractivity contribution in [1.29, 1.82) is 0 Å². The van der Waals surface area contributed by atoms with Crippen molar-refractivity contribution in [3.05, 3.63) is 35.9 Å². The minimum absolute atomic E-state index is 0. The Morgan fingerprint density at radius 1 is 1.33 bits per heavy atom. The maximum absolute atomic E-state index is 12.3. The van der Waals surface area contributed by atoms with Crippen molar-refractivity contribution in [3.63, 3.8) is 0 Å². The third kappa shape index (κ3) is 6.22. The molecule has 1 aromatic rings. The predicted molar refractivity (Wildman–Crippen MR) is 91.3 cm³/mol. The van der Waals surface area contributed by atoms with Crippen LogP contribution in [0.5, 0.6) is 0 Å². The Balaban J connectivity index is 0.00000200. The number of carbonyl (C=O) groups excluding carboxylic acids is 1. The molecule has 120 valence electrons. The molecule has 1 aliphatic rings. The topological polar surface area (TPSA) is 35.6 Å². The molecule has 1 atom stereocenters. The molecule has 0 unspecified atom stereocenters. The first-order valence-electron chi connectivity index (χ1n) is 6.89. The van der Waals surface area contributed by atoms with Crippen LogP contribution >= 0.6 is 24.8 Å². The van der Waals surface area contributed by atoms with Crippen LogP contribution in [0.2, 0.25) is 0 Å². The van der Waals surface area contributed by atoms with E-state index in [0.717, 1.165) is 26.2 Å². The second-order valence-corrected chi connectivity index (χ2v) is 5.30. The van der Waals surface area contributed by atoms with E-state index in [1.165, 1.54) is 5.56 Å². The lowest BCUT2D eigenvalue weighted by Crippen LogP contribution is -2.54. The Morgan fingerprint density at radius 3 is 2.62 bits per heavy atom. The van der Waals surface area contributed by atoms with E-state index in [0.29, 0.717) is 12.6 Å². The Morgan fingerprint density at radius 2 is 2.00 bits per heavy atom. The molecule has 0 bridgehead atoms. The second-order valence-electron chi connectivity index (χ2n) is 5.30. The van der Waals surface area contributed by atoms with Crippen LogP contribution in [-0.4, -0.2) is 55.0 Å². The van der Waals surface area contributed by atoms with E-state index >= 15 is 0 Å². The van der Waals surface area contributed by atoms with E-state index in [1.54, 1.807) is 0 Å². The fourth-order valence-corrected chi connectivity index (χ4v) is 2.48. The summed E-state index contributed by atoms with van der Waals surface area (Å²) >= 11 is 0. The average molecular weight is 334 g/mol. The first kappa shape index (κ1) is 20.2. The number of nitrogens with zero attached hydrogens (tertiary/aromatic N) is 2. The van der Waals surface area contributed by atoms with Gasteiger partial charge in [-0.2, -0.15) is 0 Å². The molecular weight excluding hydrogens is 309 g/mol. The molecule has 0 aliphatic carbocycles. The molecule has 2 rings (SSSR count). The molecule has 6 heteroatoms. The molecule has 0 spiro atoms. The summed E-state index contributed by atoms with van der Waals surface area (Å²) in [6.45, 7) is 6.01. The molecule has 1 aliphatic heterocycles. The first-order chi connectivity index (χ1) is 9.16. The highest BCUT2D eigenvalue weighted by Gasteiger charge is 2.23. The van der Waals surface area contributed by atoms with Gasteiger partial charge in [-0.25, -0.2) is 0 Å². The zero-order valence-corrected chi connectivity index (χ0v) is 14.3. The first-order valence-corrected chi connectivity index (χ1v) is 6.89. The summed E-state index contributed by atoms with van der Waals surface area (Å²) in [5, 5.41) is 3.31. The summed E-state index contributed by atoms with van der Waals surface area (Å²) in [6, 6.07) is 10.6. The average Bonchev–Trinajstić information content (AvgIpc) is 2.40. The summed E-state index contributed by atoms with van der Waals surface area (Å²) < 4.78 is 0. The number of carbonyl (C=O) groups is 1. The molecule has 1 N–H and O–H groups in total. The number of likely N-dealkylation sites (N-methyl/N-ethyl adjacent to an activating group) is 1. The Kier molecular flexibility index (Phi) is 9.62. The van der Waals surface area contributed by atoms with Gasteiger partial charge in [0.25, 0.3) is 0 Å². The summed E-state index contributed by atoms with van der Waals surface area (Å²) in [7, 11) is 2.00. The van der Waals surface area contributed by atoms with Crippen LogP contribution in [0.25, 0.3) is 0 Å². The van der Waals surface area contributed by atoms with Crippen molar-refractivity contribution in [3.8, 4) is 0 Å². The van der Waals surface area contributed by atoms with Crippen LogP contribution in [0.15, 0.2) is 30.3 Å². The van der Waals surface area contributed by atoms with Gasteiger partial charge < -0.3 is 10.2 Å². The monoisotopic (exact) mass is 333 g/mol. The molecule has 4 nitrogen and oxygen atoms in total. The number of hydrogen-bond acceptors (Lipinski definition) is 3. The normalized spacial score (nSPS) is 17.9. The summed E-state index contributed by atoms with van der Waals surface area (Å²) in [5.41, 5.74) is 1.24. The minimum atomic E-state index is 0. The molecule has 1 amide bonds. The fourth-order valence-electron chi connectivity index (χ4n) is 2.48. The molecule has 0 aromatic heterocycles. The third-order valence-electron chi connectivity index (χ3n) is 3.52. The number of amides is 1. The lowest BCUT2D eigenvalue weighted by molar-refractivity contribution is -0.135. The fraction of sp³-hybridized carbons (Fsp3) is 0.533. The van der Waals surface area contributed by atoms with Gasteiger partial charge in [0.2, 0.25) is 5.91 Å². The summed E-state index contributed by atoms with van der Waals surface area (Å²) in [4.78, 5) is 16.3. The van der Waals surface area contributed by atoms with Crippen LogP contribution in [0.1, 0.15) is 12.5 Å². The van der Waals surface area contributed by atoms with Crippen molar-refractivity contribution in [1.82, 2.24) is 15.1 Å². The van der Waals surface area contributed by atoms with Crippen molar-refractivity contribution < 1.29 is 4.79 Å². The van der Waals surface area contributed by atoms with Gasteiger partial charge in [-0.1, -0.05) is 30.3 Å². The second kappa shape index (κ2) is 10.0. The molecule has 1 fully saturated rings. The van der Waals surface area contributed by atoms with Gasteiger partial charge >= 0.3 is 0 Å². The van der Waals surface area contributed by atoms with Crippen molar-refractivity contribution >= 4 is 30.7 Å². The Hall–Kier alpha value is -0.810. The van der Waals surface area contributed by atoms with E-state index in [9.17, 15) is 4.79 Å². The summed E-state index contributed by atoms with van der Waals surface area (Å²) in [6.07, 6.45) is 0. The van der Waals surface area contributed by atoms with E-state index < -0.39 is 0 Å². The van der Waals surface area contributed by atoms with Gasteiger partial charge in [-0.3, -0.25) is 9.69 Å². The number of hydrogen-bond donors (Lipinski definition) is 1. The van der Waals surface area contributed by atoms with Crippen LogP contribution in [0.4, 0.5) is 0 Å². The molecule has 0 saturated carbocycles. The van der Waals surface area contributed by atoms with Crippen molar-refractivity contribution in [2.24, 2.45) is 0 Å². The highest BCUT2D eigenvalue weighted by atomic mass is 35.5. The molecule has 1 saturated heterocycles. The van der Waals surface area contributed by atoms with E-state index in [1.807, 2.05) is 30.1 Å². The van der Waals surface area contributed by atoms with Crippen LogP contribution in [-0.2, 0) is 11.3 Å². The van der Waals surface area contributed by atoms with E-state index in [2.05, 4.69) is 29.3 Å². The lowest BCUT2D eigenvalue weighted by Gasteiger charge is -2.35. The SMILES string of the molecule is C[C@@H]1CNCCN1C(=O)CN(C)Cc1ccccc1.Cl.Cl. The van der Waals surface area contributed by atoms with Gasteiger partial charge in [0.05, 0.1) is 6.54 Å². The Bertz CT molecular complexity index is 417. The Labute approximate surface area is 139 Å². The van der Waals surface area contributed by atoms with Gasteiger partial charge in [-0.05, 0) is 19.5 Å². The smallest absolute Gasteiger partial charge is 0.237 e. The van der Waals surface area contributed by atoms with Gasteiger partial charge in [0, 0.05) is 32.2 Å². The molecule has 0 radical (unpaired) electrons. The highest BCUT2D eigenvalue weighted by Crippen LogP contribution is 2.06. The van der Waals surface area contributed by atoms with Crippen molar-refractivity contribution in [2.45, 2.75) is 19.5 Å². The molecular formula is C15H25Cl2N3O.